The van der Waals surface area contributed by atoms with E-state index < -0.39 is 22.2 Å². The van der Waals surface area contributed by atoms with Gasteiger partial charge in [0.1, 0.15) is 5.69 Å². The number of carboxylic acid groups (broad SMARTS) is 1. The Morgan fingerprint density at radius 1 is 1.31 bits per heavy atom. The first-order valence-electron chi connectivity index (χ1n) is 7.38. The zero-order valence-corrected chi connectivity index (χ0v) is 14.5. The molecule has 2 saturated heterocycles. The molecule has 1 spiro atoms. The summed E-state index contributed by atoms with van der Waals surface area (Å²) in [6.07, 6.45) is -1.48. The lowest BCUT2D eigenvalue weighted by molar-refractivity contribution is -0.192. The number of H-pyrrole nitrogens is 1. The lowest BCUT2D eigenvalue weighted by Crippen LogP contribution is -2.59. The molecule has 1 aromatic rings. The number of amides is 1. The van der Waals surface area contributed by atoms with Crippen LogP contribution < -0.4 is 0 Å². The van der Waals surface area contributed by atoms with E-state index >= 15 is 0 Å². The molecule has 9 nitrogen and oxygen atoms in total. The Morgan fingerprint density at radius 2 is 1.88 bits per heavy atom. The summed E-state index contributed by atoms with van der Waals surface area (Å²) in [6.45, 7) is 2.33. The number of aliphatic carboxylic acids is 1. The van der Waals surface area contributed by atoms with Gasteiger partial charge in [0.05, 0.1) is 6.26 Å². The van der Waals surface area contributed by atoms with Crippen molar-refractivity contribution in [3.8, 4) is 0 Å². The van der Waals surface area contributed by atoms with E-state index in [0.717, 1.165) is 6.42 Å². The molecule has 26 heavy (non-hydrogen) atoms. The van der Waals surface area contributed by atoms with Crippen molar-refractivity contribution < 1.29 is 36.3 Å². The average Bonchev–Trinajstić information content (AvgIpc) is 3.13. The number of likely N-dealkylation sites (tertiary alicyclic amines) is 1. The fraction of sp³-hybridized carbons (Fsp3) is 0.615. The molecule has 2 N–H and O–H groups in total. The summed E-state index contributed by atoms with van der Waals surface area (Å²) in [5, 5.41) is 13.5. The lowest BCUT2D eigenvalue weighted by atomic mass is 9.79. The topological polar surface area (TPSA) is 124 Å². The number of aromatic amines is 1. The van der Waals surface area contributed by atoms with Crippen LogP contribution in [0, 0.1) is 5.41 Å². The molecule has 0 aromatic carbocycles. The summed E-state index contributed by atoms with van der Waals surface area (Å²) in [6, 6.07) is 1.64. The van der Waals surface area contributed by atoms with Crippen LogP contribution in [0.25, 0.3) is 0 Å². The normalized spacial score (nSPS) is 19.6. The van der Waals surface area contributed by atoms with Gasteiger partial charge in [-0.2, -0.15) is 18.3 Å². The SMILES string of the molecule is CS(=O)(=O)N1CCC2(CN(C(=O)c3ccn[nH]3)C2)C1.O=C(O)C(F)(F)F. The molecule has 3 rings (SSSR count). The van der Waals surface area contributed by atoms with Crippen molar-refractivity contribution in [1.82, 2.24) is 19.4 Å². The Balaban J connectivity index is 0.000000298. The van der Waals surface area contributed by atoms with Gasteiger partial charge in [0, 0.05) is 37.8 Å². The van der Waals surface area contributed by atoms with Crippen LogP contribution in [0.1, 0.15) is 16.9 Å². The zero-order chi connectivity index (χ0) is 19.8. The number of nitrogens with zero attached hydrogens (tertiary/aromatic N) is 3. The number of hydrogen-bond donors (Lipinski definition) is 2. The maximum absolute atomic E-state index is 12.0. The molecule has 0 saturated carbocycles. The van der Waals surface area contributed by atoms with Gasteiger partial charge in [0.15, 0.2) is 0 Å². The summed E-state index contributed by atoms with van der Waals surface area (Å²) >= 11 is 0. The number of halogens is 3. The zero-order valence-electron chi connectivity index (χ0n) is 13.7. The number of carbonyl (C=O) groups excluding carboxylic acids is 1. The van der Waals surface area contributed by atoms with Crippen molar-refractivity contribution in [2.45, 2.75) is 12.6 Å². The third-order valence-electron chi connectivity index (χ3n) is 4.19. The highest BCUT2D eigenvalue weighted by Crippen LogP contribution is 2.40. The molecule has 0 bridgehead atoms. The van der Waals surface area contributed by atoms with E-state index in [9.17, 15) is 26.4 Å². The predicted molar refractivity (Wildman–Crippen MR) is 81.6 cm³/mol. The number of sulfonamides is 1. The Kier molecular flexibility index (Phi) is 5.33. The van der Waals surface area contributed by atoms with Crippen LogP contribution in [0.2, 0.25) is 0 Å². The van der Waals surface area contributed by atoms with Crippen LogP contribution >= 0.6 is 0 Å². The van der Waals surface area contributed by atoms with Gasteiger partial charge in [0.2, 0.25) is 10.0 Å². The van der Waals surface area contributed by atoms with Gasteiger partial charge in [-0.1, -0.05) is 0 Å². The molecule has 0 aliphatic carbocycles. The number of rotatable bonds is 2. The van der Waals surface area contributed by atoms with Crippen LogP contribution in [0.4, 0.5) is 13.2 Å². The summed E-state index contributed by atoms with van der Waals surface area (Å²) in [4.78, 5) is 22.7. The maximum Gasteiger partial charge on any atom is 0.490 e. The highest BCUT2D eigenvalue weighted by molar-refractivity contribution is 7.88. The van der Waals surface area contributed by atoms with E-state index in [2.05, 4.69) is 10.2 Å². The molecule has 0 radical (unpaired) electrons. The molecule has 3 heterocycles. The van der Waals surface area contributed by atoms with Crippen LogP contribution in [-0.2, 0) is 14.8 Å². The predicted octanol–water partition coefficient (Wildman–Crippen LogP) is 0.150. The molecule has 0 unspecified atom stereocenters. The number of hydrogen-bond acceptors (Lipinski definition) is 5. The van der Waals surface area contributed by atoms with E-state index in [1.165, 1.54) is 10.6 Å². The van der Waals surface area contributed by atoms with Crippen molar-refractivity contribution in [3.63, 3.8) is 0 Å². The number of alkyl halides is 3. The van der Waals surface area contributed by atoms with Crippen LogP contribution in [0.5, 0.6) is 0 Å². The minimum Gasteiger partial charge on any atom is -0.475 e. The van der Waals surface area contributed by atoms with Gasteiger partial charge < -0.3 is 10.0 Å². The molecule has 13 heteroatoms. The van der Waals surface area contributed by atoms with E-state index in [1.807, 2.05) is 0 Å². The monoisotopic (exact) mass is 398 g/mol. The van der Waals surface area contributed by atoms with E-state index in [4.69, 9.17) is 9.90 Å². The van der Waals surface area contributed by atoms with Crippen molar-refractivity contribution >= 4 is 21.9 Å². The third-order valence-corrected chi connectivity index (χ3v) is 5.44. The van der Waals surface area contributed by atoms with Crippen LogP contribution in [-0.4, -0.2) is 83.4 Å². The summed E-state index contributed by atoms with van der Waals surface area (Å²) in [5.74, 6) is -2.83. The standard InChI is InChI=1S/C11H16N4O3S.C2HF3O2/c1-19(17,18)15-5-3-11(8-15)6-14(7-11)10(16)9-2-4-12-13-9;3-2(4,5)1(6)7/h2,4H,3,5-8H2,1H3,(H,12,13);(H,6,7). The van der Waals surface area contributed by atoms with Crippen molar-refractivity contribution in [2.75, 3.05) is 32.4 Å². The molecule has 0 atom stereocenters. The molecule has 1 amide bonds. The summed E-state index contributed by atoms with van der Waals surface area (Å²) in [5.41, 5.74) is 0.437. The van der Waals surface area contributed by atoms with Gasteiger partial charge >= 0.3 is 12.1 Å². The number of carboxylic acids is 1. The second kappa shape index (κ2) is 6.87. The molecule has 2 aliphatic rings. The molecule has 1 aromatic heterocycles. The number of carbonyl (C=O) groups is 2. The number of nitrogens with one attached hydrogen (secondary N) is 1. The number of aromatic nitrogens is 2. The van der Waals surface area contributed by atoms with E-state index in [0.29, 0.717) is 31.9 Å². The summed E-state index contributed by atoms with van der Waals surface area (Å²) < 4.78 is 56.2. The second-order valence-corrected chi connectivity index (χ2v) is 8.26. The first-order valence-corrected chi connectivity index (χ1v) is 9.23. The Hall–Kier alpha value is -2.15. The Labute approximate surface area is 146 Å². The fourth-order valence-corrected chi connectivity index (χ4v) is 3.82. The van der Waals surface area contributed by atoms with E-state index in [1.54, 1.807) is 17.2 Å². The first-order chi connectivity index (χ1) is 11.8. The minimum atomic E-state index is -5.08. The van der Waals surface area contributed by atoms with Crippen LogP contribution in [0.15, 0.2) is 12.3 Å². The largest absolute Gasteiger partial charge is 0.490 e. The first kappa shape index (κ1) is 20.2. The molecular formula is C13H17F3N4O5S. The van der Waals surface area contributed by atoms with Crippen LogP contribution in [0.3, 0.4) is 0 Å². The Morgan fingerprint density at radius 3 is 2.27 bits per heavy atom. The van der Waals surface area contributed by atoms with Gasteiger partial charge in [-0.15, -0.1) is 0 Å². The average molecular weight is 398 g/mol. The molecular weight excluding hydrogens is 381 g/mol. The third kappa shape index (κ3) is 4.52. The Bertz CT molecular complexity index is 772. The molecule has 2 fully saturated rings. The van der Waals surface area contributed by atoms with Gasteiger partial charge in [-0.25, -0.2) is 17.5 Å². The fourth-order valence-electron chi connectivity index (χ4n) is 2.89. The van der Waals surface area contributed by atoms with Crippen molar-refractivity contribution in [3.05, 3.63) is 18.0 Å². The van der Waals surface area contributed by atoms with Crippen molar-refractivity contribution in [2.24, 2.45) is 5.41 Å². The van der Waals surface area contributed by atoms with Gasteiger partial charge in [0.25, 0.3) is 5.91 Å². The minimum absolute atomic E-state index is 0.0429. The quantitative estimate of drug-likeness (QED) is 0.731. The second-order valence-electron chi connectivity index (χ2n) is 6.28. The summed E-state index contributed by atoms with van der Waals surface area (Å²) in [7, 11) is -3.12. The maximum atomic E-state index is 12.0. The molecule has 2 aliphatic heterocycles. The van der Waals surface area contributed by atoms with E-state index in [-0.39, 0.29) is 11.3 Å². The van der Waals surface area contributed by atoms with Gasteiger partial charge in [-0.3, -0.25) is 9.89 Å². The lowest BCUT2D eigenvalue weighted by Gasteiger charge is -2.47. The van der Waals surface area contributed by atoms with Gasteiger partial charge in [-0.05, 0) is 12.5 Å². The highest BCUT2D eigenvalue weighted by atomic mass is 32.2. The smallest absolute Gasteiger partial charge is 0.475 e. The highest BCUT2D eigenvalue weighted by Gasteiger charge is 2.51. The van der Waals surface area contributed by atoms with Crippen molar-refractivity contribution in [1.29, 1.82) is 0 Å². The molecule has 146 valence electrons.